The highest BCUT2D eigenvalue weighted by Gasteiger charge is 2.52. The summed E-state index contributed by atoms with van der Waals surface area (Å²) in [7, 11) is -2.91. The molecule has 10 heterocycles. The number of halogens is 8. The van der Waals surface area contributed by atoms with Crippen LogP contribution in [0.3, 0.4) is 0 Å². The highest BCUT2D eigenvalue weighted by molar-refractivity contribution is 9.10. The molecule has 7 aromatic carbocycles. The van der Waals surface area contributed by atoms with Crippen LogP contribution in [0.1, 0.15) is 48.4 Å². The molecule has 0 saturated carbocycles. The van der Waals surface area contributed by atoms with Gasteiger partial charge in [0.05, 0.1) is 111 Å². The van der Waals surface area contributed by atoms with Gasteiger partial charge in [0.2, 0.25) is 0 Å². The minimum atomic E-state index is -1.22. The van der Waals surface area contributed by atoms with Crippen molar-refractivity contribution in [1.82, 2.24) is 68.5 Å². The molecular weight excluding hydrogens is 1730 g/mol. The van der Waals surface area contributed by atoms with Gasteiger partial charge >= 0.3 is 7.12 Å². The monoisotopic (exact) mass is 1810 g/mol. The van der Waals surface area contributed by atoms with Gasteiger partial charge in [0.25, 0.3) is 11.8 Å². The van der Waals surface area contributed by atoms with Crippen molar-refractivity contribution >= 4 is 105 Å². The van der Waals surface area contributed by atoms with E-state index in [9.17, 15) is 35.9 Å². The van der Waals surface area contributed by atoms with E-state index in [2.05, 4.69) is 116 Å². The number of carbonyl (C=O) groups excluding carboxylic acids is 2. The molecule has 1 fully saturated rings. The molecule has 8 aromatic heterocycles. The fraction of sp³-hybridized carbons (Fsp3) is 0.244. The molecular formula is C90H88BBr2F6N15O6Si2. The van der Waals surface area contributed by atoms with E-state index >= 15 is 0 Å². The van der Waals surface area contributed by atoms with Crippen LogP contribution in [0.4, 0.5) is 26.3 Å². The van der Waals surface area contributed by atoms with Gasteiger partial charge in [-0.05, 0) is 193 Å². The smallest absolute Gasteiger partial charge is 0.399 e. The Kier molecular flexibility index (Phi) is 26.3. The first-order valence-corrected chi connectivity index (χ1v) is 48.5. The summed E-state index contributed by atoms with van der Waals surface area (Å²) < 4.78 is 115. The number of benzene rings is 7. The molecule has 17 rings (SSSR count). The van der Waals surface area contributed by atoms with Crippen molar-refractivity contribution in [2.45, 2.75) is 117 Å². The summed E-state index contributed by atoms with van der Waals surface area (Å²) in [5.41, 5.74) is 19.1. The van der Waals surface area contributed by atoms with Crippen LogP contribution < -0.4 is 11.2 Å². The Balaban J connectivity index is 0.000000133. The van der Waals surface area contributed by atoms with Gasteiger partial charge in [0.1, 0.15) is 13.5 Å². The van der Waals surface area contributed by atoms with Crippen molar-refractivity contribution in [2.75, 3.05) is 26.3 Å². The molecule has 3 N–H and O–H groups in total. The summed E-state index contributed by atoms with van der Waals surface area (Å²) in [5, 5.41) is 11.5. The van der Waals surface area contributed by atoms with Gasteiger partial charge in [-0.25, -0.2) is 41.3 Å². The fourth-order valence-corrected chi connectivity index (χ4v) is 15.9. The summed E-state index contributed by atoms with van der Waals surface area (Å²) in [6.07, 6.45) is 17.5. The molecule has 2 aliphatic rings. The lowest BCUT2D eigenvalue weighted by Gasteiger charge is -2.32. The molecule has 0 bridgehead atoms. The Morgan fingerprint density at radius 1 is 0.459 bits per heavy atom. The number of H-pyrrole nitrogens is 1. The van der Waals surface area contributed by atoms with Crippen LogP contribution in [-0.2, 0) is 45.3 Å². The average molecular weight is 1820 g/mol. The maximum atomic E-state index is 14.1. The van der Waals surface area contributed by atoms with E-state index in [0.29, 0.717) is 95.9 Å². The van der Waals surface area contributed by atoms with Crippen molar-refractivity contribution in [3.05, 3.63) is 269 Å². The third-order valence-corrected chi connectivity index (χ3v) is 25.4. The number of hydrogen-bond acceptors (Lipinski definition) is 15. The molecule has 15 aromatic rings. The van der Waals surface area contributed by atoms with Gasteiger partial charge in [-0.1, -0.05) is 69.6 Å². The van der Waals surface area contributed by atoms with E-state index < -0.39 is 69.4 Å². The number of carbonyl (C=O) groups is 2. The zero-order chi connectivity index (χ0) is 86.5. The van der Waals surface area contributed by atoms with Crippen LogP contribution >= 0.6 is 31.9 Å². The number of fused-ring (bicyclic) bond motifs is 4. The van der Waals surface area contributed by atoms with Crippen LogP contribution in [0, 0.1) is 34.9 Å². The Bertz CT molecular complexity index is 6320. The number of amides is 2. The molecule has 626 valence electrons. The molecule has 32 heteroatoms. The summed E-state index contributed by atoms with van der Waals surface area (Å²) in [6, 6.07) is 44.1. The second-order valence-electron chi connectivity index (χ2n) is 33.0. The van der Waals surface area contributed by atoms with Gasteiger partial charge in [-0.2, -0.15) is 10.2 Å². The van der Waals surface area contributed by atoms with Gasteiger partial charge in [0.15, 0.2) is 34.9 Å². The number of aromatic nitrogens is 13. The largest absolute Gasteiger partial charge is 0.498 e. The maximum absolute atomic E-state index is 14.1. The van der Waals surface area contributed by atoms with Crippen LogP contribution in [0.15, 0.2) is 223 Å². The van der Waals surface area contributed by atoms with E-state index in [1.54, 1.807) is 83.2 Å². The molecule has 0 radical (unpaired) electrons. The second-order valence-corrected chi connectivity index (χ2v) is 46.1. The van der Waals surface area contributed by atoms with Crippen molar-refractivity contribution in [3.8, 4) is 78.7 Å². The number of aromatic amines is 1. The molecule has 0 unspecified atom stereocenters. The van der Waals surface area contributed by atoms with E-state index in [4.69, 9.17) is 24.5 Å². The van der Waals surface area contributed by atoms with E-state index in [1.165, 1.54) is 29.4 Å². The van der Waals surface area contributed by atoms with Crippen LogP contribution in [0.5, 0.6) is 0 Å². The zero-order valence-electron chi connectivity index (χ0n) is 68.7. The van der Waals surface area contributed by atoms with Gasteiger partial charge in [-0.15, -0.1) is 0 Å². The Morgan fingerprint density at radius 3 is 1.43 bits per heavy atom. The third kappa shape index (κ3) is 20.3. The fourth-order valence-electron chi connectivity index (χ4n) is 13.7. The highest BCUT2D eigenvalue weighted by atomic mass is 79.9. The quantitative estimate of drug-likeness (QED) is 0.0262. The number of imidazole rings is 3. The summed E-state index contributed by atoms with van der Waals surface area (Å²) >= 11 is 6.93. The predicted octanol–water partition coefficient (Wildman–Crippen LogP) is 20.1. The normalized spacial score (nSPS) is 13.7. The maximum Gasteiger partial charge on any atom is 0.498 e. The van der Waals surface area contributed by atoms with Crippen molar-refractivity contribution in [1.29, 1.82) is 0 Å². The SMILES string of the molecule is CC1(C)OB(c2cnn(CCN3C(=O)c4ccccc4C3=O)c2)OC1(C)C.C[Si](C)(C)CCOCn1cnc(-c2ccc(F)c(F)c2)c1-c1ccc2ncc(Br)cc2c1.C[Si](C)(C)CCOCn1cnc(-c2ccc3ncc(Br)cc3c2)c1-c1ccc(F)c(F)c1.NCCn1cc(-c2cnc3ccc(-c4[nH]cnc4-c4ccc(F)c(F)c4)cc3c2)cn1. The Labute approximate surface area is 720 Å². The first-order chi connectivity index (χ1) is 58.2. The number of nitrogens with two attached hydrogens (primary N) is 1. The number of pyridine rings is 3. The Morgan fingerprint density at radius 2 is 0.893 bits per heavy atom. The second kappa shape index (κ2) is 36.9. The standard InChI is InChI=1S/2C24H24BrF2N3OSi.C23H18F2N6.C19H22BN3O4/c1-32(2,3)9-8-31-15-30-14-29-23(24(30)17-4-6-20(26)21(27)12-17)16-5-7-22-18(10-16)11-19(25)13-28-22;1-32(2,3)9-8-31-15-30-14-29-23(16-4-6-20(26)21(27)12-16)24(30)17-5-7-22-18(10-17)11-19(25)13-28-22;24-19-3-1-15(9-20(19)25)23-22(28-13-29-23)14-2-4-21-16(7-14)8-17(10-27-21)18-11-30-31(12-18)6-5-26;1-18(2)19(3,4)27-20(26-18)13-11-21-22(12-13)9-10-23-16(24)14-7-5-6-8-15(14)17(23)25/h2*4-7,10-14H,8-9,15H2,1-3H3;1-4,7-13H,5-6,26H2,(H,28,29);5-8,11-12H,9-10H2,1-4H3. The Hall–Kier alpha value is -11.2. The average Bonchev–Trinajstić information content (AvgIpc) is 1.62. The van der Waals surface area contributed by atoms with Crippen LogP contribution in [0.25, 0.3) is 111 Å². The summed E-state index contributed by atoms with van der Waals surface area (Å²) in [6.45, 7) is 25.6. The highest BCUT2D eigenvalue weighted by Crippen LogP contribution is 2.40. The van der Waals surface area contributed by atoms with Crippen molar-refractivity contribution in [3.63, 3.8) is 0 Å². The van der Waals surface area contributed by atoms with Crippen molar-refractivity contribution in [2.24, 2.45) is 5.73 Å². The number of ether oxygens (including phenoxy) is 2. The van der Waals surface area contributed by atoms with Crippen LogP contribution in [0.2, 0.25) is 51.4 Å². The lowest BCUT2D eigenvalue weighted by Crippen LogP contribution is -2.41. The molecule has 21 nitrogen and oxygen atoms in total. The van der Waals surface area contributed by atoms with E-state index in [1.807, 2.05) is 128 Å². The number of imide groups is 1. The minimum absolute atomic E-state index is 0.256. The van der Waals surface area contributed by atoms with Crippen LogP contribution in [-0.4, -0.2) is 141 Å². The topological polar surface area (TPSA) is 239 Å². The number of nitrogens with one attached hydrogen (secondary N) is 1. The first kappa shape index (κ1) is 87.2. The third-order valence-electron chi connectivity index (χ3n) is 21.1. The van der Waals surface area contributed by atoms with Gasteiger partial charge < -0.3 is 38.6 Å². The summed E-state index contributed by atoms with van der Waals surface area (Å²) in [5.74, 6) is -5.87. The lowest BCUT2D eigenvalue weighted by atomic mass is 9.82. The number of nitrogens with zero attached hydrogens (tertiary/aromatic N) is 13. The molecule has 0 atom stereocenters. The molecule has 0 aliphatic carbocycles. The van der Waals surface area contributed by atoms with E-state index in [0.717, 1.165) is 117 Å². The predicted molar refractivity (Wildman–Crippen MR) is 475 cm³/mol. The van der Waals surface area contributed by atoms with Gasteiger partial charge in [0, 0.05) is 155 Å². The minimum Gasteiger partial charge on any atom is -0.399 e. The van der Waals surface area contributed by atoms with Crippen molar-refractivity contribution < 1.29 is 54.7 Å². The first-order valence-electron chi connectivity index (χ1n) is 39.5. The molecule has 1 saturated heterocycles. The van der Waals surface area contributed by atoms with E-state index in [-0.39, 0.29) is 25.1 Å². The summed E-state index contributed by atoms with van der Waals surface area (Å²) in [4.78, 5) is 56.1. The zero-order valence-corrected chi connectivity index (χ0v) is 73.9. The number of rotatable bonds is 23. The number of hydrogen-bond donors (Lipinski definition) is 2. The molecule has 0 spiro atoms. The molecule has 122 heavy (non-hydrogen) atoms. The molecule has 2 aliphatic heterocycles. The van der Waals surface area contributed by atoms with Gasteiger partial charge in [-0.3, -0.25) is 38.8 Å². The molecule has 2 amide bonds. The lowest BCUT2D eigenvalue weighted by molar-refractivity contribution is 0.00578.